The zero-order chi connectivity index (χ0) is 12.5. The monoisotopic (exact) mass is 236 g/mol. The lowest BCUT2D eigenvalue weighted by Gasteiger charge is -2.16. The average molecular weight is 236 g/mol. The molecule has 0 atom stereocenters. The van der Waals surface area contributed by atoms with Crippen LogP contribution in [0.3, 0.4) is 0 Å². The lowest BCUT2D eigenvalue weighted by atomic mass is 10.1. The van der Waals surface area contributed by atoms with Crippen LogP contribution in [-0.4, -0.2) is 45.2 Å². The highest BCUT2D eigenvalue weighted by Crippen LogP contribution is 2.12. The summed E-state index contributed by atoms with van der Waals surface area (Å²) in [5, 5.41) is 3.16. The molecule has 0 heterocycles. The summed E-state index contributed by atoms with van der Waals surface area (Å²) in [5.41, 5.74) is 1.37. The fraction of sp³-hybridized carbons (Fsp3) is 0.571. The highest BCUT2D eigenvalue weighted by Gasteiger charge is 1.99. The number of nitrogens with zero attached hydrogens (tertiary/aromatic N) is 1. The lowest BCUT2D eigenvalue weighted by Crippen LogP contribution is -2.29. The van der Waals surface area contributed by atoms with Gasteiger partial charge in [0.25, 0.3) is 0 Å². The van der Waals surface area contributed by atoms with Crippen LogP contribution in [0.1, 0.15) is 12.5 Å². The maximum Gasteiger partial charge on any atom is 0.119 e. The summed E-state index contributed by atoms with van der Waals surface area (Å²) in [6, 6.07) is 8.40. The van der Waals surface area contributed by atoms with E-state index in [4.69, 9.17) is 4.74 Å². The Balaban J connectivity index is 2.31. The van der Waals surface area contributed by atoms with E-state index in [1.54, 1.807) is 0 Å². The smallest absolute Gasteiger partial charge is 0.119 e. The van der Waals surface area contributed by atoms with Crippen LogP contribution < -0.4 is 10.1 Å². The van der Waals surface area contributed by atoms with Crippen molar-refractivity contribution in [2.45, 2.75) is 13.3 Å². The fourth-order valence-electron chi connectivity index (χ4n) is 1.65. The van der Waals surface area contributed by atoms with Gasteiger partial charge >= 0.3 is 0 Å². The minimum absolute atomic E-state index is 0.728. The number of hydrogen-bond acceptors (Lipinski definition) is 3. The molecule has 1 aromatic carbocycles. The standard InChI is InChI=1S/C14H24N2O/c1-4-17-14-7-5-13(6-8-14)9-11-16(3)12-10-15-2/h5-8,15H,4,9-12H2,1-3H3. The molecule has 3 nitrogen and oxygen atoms in total. The Hall–Kier alpha value is -1.06. The second kappa shape index (κ2) is 8.09. The minimum atomic E-state index is 0.728. The number of likely N-dealkylation sites (N-methyl/N-ethyl adjacent to an activating group) is 2. The molecule has 0 unspecified atom stereocenters. The second-order valence-electron chi connectivity index (χ2n) is 4.23. The number of benzene rings is 1. The van der Waals surface area contributed by atoms with Crippen LogP contribution in [0.4, 0.5) is 0 Å². The summed E-state index contributed by atoms with van der Waals surface area (Å²) < 4.78 is 5.42. The van der Waals surface area contributed by atoms with Gasteiger partial charge in [-0.25, -0.2) is 0 Å². The first-order valence-corrected chi connectivity index (χ1v) is 6.31. The van der Waals surface area contributed by atoms with Crippen LogP contribution in [0.15, 0.2) is 24.3 Å². The van der Waals surface area contributed by atoms with Gasteiger partial charge < -0.3 is 15.0 Å². The van der Waals surface area contributed by atoms with Gasteiger partial charge in [0.2, 0.25) is 0 Å². The van der Waals surface area contributed by atoms with E-state index in [9.17, 15) is 0 Å². The van der Waals surface area contributed by atoms with Crippen LogP contribution in [0, 0.1) is 0 Å². The molecule has 0 saturated carbocycles. The third-order valence-electron chi connectivity index (χ3n) is 2.76. The Morgan fingerprint density at radius 2 is 1.88 bits per heavy atom. The van der Waals surface area contributed by atoms with E-state index in [0.717, 1.165) is 38.4 Å². The molecule has 0 radical (unpaired) electrons. The quantitative estimate of drug-likeness (QED) is 0.744. The normalized spacial score (nSPS) is 10.8. The zero-order valence-electron chi connectivity index (χ0n) is 11.2. The van der Waals surface area contributed by atoms with E-state index in [2.05, 4.69) is 29.4 Å². The second-order valence-corrected chi connectivity index (χ2v) is 4.23. The van der Waals surface area contributed by atoms with Gasteiger partial charge in [0.1, 0.15) is 5.75 Å². The largest absolute Gasteiger partial charge is 0.494 e. The summed E-state index contributed by atoms with van der Waals surface area (Å²) in [7, 11) is 4.15. The number of rotatable bonds is 8. The average Bonchev–Trinajstić information content (AvgIpc) is 2.36. The van der Waals surface area contributed by atoms with Crippen molar-refractivity contribution in [2.24, 2.45) is 0 Å². The molecule has 0 amide bonds. The number of hydrogen-bond donors (Lipinski definition) is 1. The Morgan fingerprint density at radius 1 is 1.18 bits per heavy atom. The Kier molecular flexibility index (Phi) is 6.67. The van der Waals surface area contributed by atoms with Crippen LogP contribution in [0.5, 0.6) is 5.75 Å². The van der Waals surface area contributed by atoms with Gasteiger partial charge in [0.05, 0.1) is 6.61 Å². The first-order chi connectivity index (χ1) is 8.26. The maximum absolute atomic E-state index is 5.42. The summed E-state index contributed by atoms with van der Waals surface area (Å²) >= 11 is 0. The van der Waals surface area contributed by atoms with E-state index < -0.39 is 0 Å². The predicted molar refractivity (Wildman–Crippen MR) is 72.7 cm³/mol. The van der Waals surface area contributed by atoms with E-state index in [0.29, 0.717) is 0 Å². The highest BCUT2D eigenvalue weighted by molar-refractivity contribution is 5.27. The third-order valence-corrected chi connectivity index (χ3v) is 2.76. The molecule has 0 spiro atoms. The van der Waals surface area contributed by atoms with Crippen molar-refractivity contribution in [3.63, 3.8) is 0 Å². The zero-order valence-corrected chi connectivity index (χ0v) is 11.2. The minimum Gasteiger partial charge on any atom is -0.494 e. The van der Waals surface area contributed by atoms with Crippen LogP contribution in [0.2, 0.25) is 0 Å². The first-order valence-electron chi connectivity index (χ1n) is 6.31. The molecule has 3 heteroatoms. The van der Waals surface area contributed by atoms with Gasteiger partial charge in [-0.2, -0.15) is 0 Å². The molecule has 1 rings (SSSR count). The molecule has 1 aromatic rings. The van der Waals surface area contributed by atoms with Gasteiger partial charge in [-0.3, -0.25) is 0 Å². The van der Waals surface area contributed by atoms with E-state index in [-0.39, 0.29) is 0 Å². The topological polar surface area (TPSA) is 24.5 Å². The summed E-state index contributed by atoms with van der Waals surface area (Å²) in [5.74, 6) is 0.958. The van der Waals surface area contributed by atoms with Crippen LogP contribution in [0.25, 0.3) is 0 Å². The molecule has 0 aliphatic rings. The highest BCUT2D eigenvalue weighted by atomic mass is 16.5. The molecule has 0 aromatic heterocycles. The first kappa shape index (κ1) is 14.0. The van der Waals surface area contributed by atoms with Crippen molar-refractivity contribution < 1.29 is 4.74 Å². The third kappa shape index (κ3) is 5.71. The predicted octanol–water partition coefficient (Wildman–Crippen LogP) is 1.78. The van der Waals surface area contributed by atoms with E-state index in [1.165, 1.54) is 5.56 Å². The molecule has 1 N–H and O–H groups in total. The van der Waals surface area contributed by atoms with Crippen molar-refractivity contribution in [3.8, 4) is 5.75 Å². The number of nitrogens with one attached hydrogen (secondary N) is 1. The Morgan fingerprint density at radius 3 is 2.47 bits per heavy atom. The summed E-state index contributed by atoms with van der Waals surface area (Å²) in [4.78, 5) is 2.34. The van der Waals surface area contributed by atoms with Crippen LogP contribution >= 0.6 is 0 Å². The SMILES string of the molecule is CCOc1ccc(CCN(C)CCNC)cc1. The molecule has 0 bridgehead atoms. The fourth-order valence-corrected chi connectivity index (χ4v) is 1.65. The van der Waals surface area contributed by atoms with Gasteiger partial charge in [0, 0.05) is 19.6 Å². The molecule has 96 valence electrons. The van der Waals surface area contributed by atoms with Crippen molar-refractivity contribution in [3.05, 3.63) is 29.8 Å². The van der Waals surface area contributed by atoms with Gasteiger partial charge in [-0.1, -0.05) is 12.1 Å². The van der Waals surface area contributed by atoms with Crippen molar-refractivity contribution in [2.75, 3.05) is 40.3 Å². The van der Waals surface area contributed by atoms with Gasteiger partial charge in [0.15, 0.2) is 0 Å². The lowest BCUT2D eigenvalue weighted by molar-refractivity contribution is 0.337. The van der Waals surface area contributed by atoms with E-state index >= 15 is 0 Å². The molecule has 0 aliphatic heterocycles. The van der Waals surface area contributed by atoms with E-state index in [1.807, 2.05) is 26.1 Å². The van der Waals surface area contributed by atoms with Crippen molar-refractivity contribution >= 4 is 0 Å². The Labute approximate surface area is 105 Å². The molecule has 0 saturated heterocycles. The summed E-state index contributed by atoms with van der Waals surface area (Å²) in [6.07, 6.45) is 1.09. The molecular weight excluding hydrogens is 212 g/mol. The summed E-state index contributed by atoms with van der Waals surface area (Å²) in [6.45, 7) is 5.96. The Bertz CT molecular complexity index is 298. The van der Waals surface area contributed by atoms with Crippen molar-refractivity contribution in [1.29, 1.82) is 0 Å². The molecule has 0 aliphatic carbocycles. The molecular formula is C14H24N2O. The number of ether oxygens (including phenoxy) is 1. The van der Waals surface area contributed by atoms with Crippen molar-refractivity contribution in [1.82, 2.24) is 10.2 Å². The molecule has 17 heavy (non-hydrogen) atoms. The van der Waals surface area contributed by atoms with Gasteiger partial charge in [-0.05, 0) is 45.1 Å². The van der Waals surface area contributed by atoms with Gasteiger partial charge in [-0.15, -0.1) is 0 Å². The van der Waals surface area contributed by atoms with Crippen LogP contribution in [-0.2, 0) is 6.42 Å². The maximum atomic E-state index is 5.42. The molecule has 0 fully saturated rings.